The van der Waals surface area contributed by atoms with Crippen molar-refractivity contribution in [2.75, 3.05) is 5.32 Å². The van der Waals surface area contributed by atoms with Gasteiger partial charge in [0.15, 0.2) is 0 Å². The van der Waals surface area contributed by atoms with Crippen molar-refractivity contribution in [3.63, 3.8) is 0 Å². The zero-order chi connectivity index (χ0) is 18.2. The van der Waals surface area contributed by atoms with Crippen LogP contribution in [-0.4, -0.2) is 34.2 Å². The molecule has 1 fully saturated rings. The van der Waals surface area contributed by atoms with Crippen molar-refractivity contribution in [1.82, 2.24) is 15.5 Å². The fraction of sp³-hybridized carbons (Fsp3) is 0.444. The van der Waals surface area contributed by atoms with E-state index in [0.717, 1.165) is 24.8 Å². The van der Waals surface area contributed by atoms with Gasteiger partial charge in [0.05, 0.1) is 18.8 Å². The summed E-state index contributed by atoms with van der Waals surface area (Å²) in [6, 6.07) is 10.0. The molecule has 1 aliphatic rings. The third kappa shape index (κ3) is 5.60. The van der Waals surface area contributed by atoms with Crippen molar-refractivity contribution in [2.24, 2.45) is 0 Å². The molecule has 138 valence electrons. The lowest BCUT2D eigenvalue weighted by atomic mass is 10.2. The molecule has 0 saturated heterocycles. The third-order valence-electron chi connectivity index (χ3n) is 4.29. The predicted octanol–water partition coefficient (Wildman–Crippen LogP) is 2.51. The first kappa shape index (κ1) is 18.5. The van der Waals surface area contributed by atoms with Gasteiger partial charge in [-0.25, -0.2) is 0 Å². The van der Waals surface area contributed by atoms with Crippen LogP contribution in [0, 0.1) is 0 Å². The smallest absolute Gasteiger partial charge is 0.226 e. The molecular formula is C18H22N4O3S. The lowest BCUT2D eigenvalue weighted by molar-refractivity contribution is -0.125. The number of nitrogens with zero attached hydrogens (tertiary/aromatic N) is 2. The number of hydrogen-bond acceptors (Lipinski definition) is 6. The van der Waals surface area contributed by atoms with Crippen LogP contribution in [0.5, 0.6) is 0 Å². The lowest BCUT2D eigenvalue weighted by Gasteiger charge is -2.21. The standard InChI is InChI=1S/C18H22N4O3S/c23-16(9-10-17(24)21-18-22-19-12-26-18)20-14-7-4-8-15(14)25-11-13-5-2-1-3-6-13/h1-3,5-6,12,14-15H,4,7-11H2,(H,20,23)(H,21,22,24)/t14-,15-/m1/s1. The second kappa shape index (κ2) is 9.40. The van der Waals surface area contributed by atoms with E-state index in [-0.39, 0.29) is 36.8 Å². The highest BCUT2D eigenvalue weighted by molar-refractivity contribution is 7.13. The summed E-state index contributed by atoms with van der Waals surface area (Å²) in [5, 5.41) is 13.5. The zero-order valence-corrected chi connectivity index (χ0v) is 15.2. The number of amides is 2. The fourth-order valence-electron chi connectivity index (χ4n) is 2.98. The average Bonchev–Trinajstić information content (AvgIpc) is 3.31. The first-order chi connectivity index (χ1) is 12.7. The second-order valence-electron chi connectivity index (χ2n) is 6.23. The van der Waals surface area contributed by atoms with E-state index in [9.17, 15) is 9.59 Å². The molecule has 3 rings (SSSR count). The summed E-state index contributed by atoms with van der Waals surface area (Å²) in [4.78, 5) is 24.0. The minimum absolute atomic E-state index is 0.0115. The maximum Gasteiger partial charge on any atom is 0.226 e. The quantitative estimate of drug-likeness (QED) is 0.740. The van der Waals surface area contributed by atoms with E-state index in [1.807, 2.05) is 30.3 Å². The van der Waals surface area contributed by atoms with Crippen molar-refractivity contribution in [3.8, 4) is 0 Å². The van der Waals surface area contributed by atoms with Crippen LogP contribution in [0.2, 0.25) is 0 Å². The Hall–Kier alpha value is -2.32. The van der Waals surface area contributed by atoms with E-state index >= 15 is 0 Å². The average molecular weight is 374 g/mol. The fourth-order valence-corrected chi connectivity index (χ4v) is 3.44. The van der Waals surface area contributed by atoms with Crippen LogP contribution in [0.4, 0.5) is 5.13 Å². The molecule has 1 heterocycles. The Bertz CT molecular complexity index is 708. The van der Waals surface area contributed by atoms with Crippen molar-refractivity contribution in [2.45, 2.75) is 50.9 Å². The van der Waals surface area contributed by atoms with Gasteiger partial charge in [-0.2, -0.15) is 0 Å². The molecule has 1 aliphatic carbocycles. The molecule has 0 aliphatic heterocycles. The largest absolute Gasteiger partial charge is 0.371 e. The van der Waals surface area contributed by atoms with Gasteiger partial charge in [0, 0.05) is 12.8 Å². The Balaban J connectivity index is 1.39. The first-order valence-corrected chi connectivity index (χ1v) is 9.59. The molecule has 1 aromatic carbocycles. The summed E-state index contributed by atoms with van der Waals surface area (Å²) in [6.45, 7) is 0.544. The van der Waals surface area contributed by atoms with E-state index in [2.05, 4.69) is 20.8 Å². The summed E-state index contributed by atoms with van der Waals surface area (Å²) in [5.74, 6) is -0.363. The second-order valence-corrected chi connectivity index (χ2v) is 7.07. The van der Waals surface area contributed by atoms with E-state index in [0.29, 0.717) is 11.7 Å². The van der Waals surface area contributed by atoms with Gasteiger partial charge in [0.1, 0.15) is 5.51 Å². The Morgan fingerprint density at radius 3 is 2.73 bits per heavy atom. The number of carbonyl (C=O) groups excluding carboxylic acids is 2. The van der Waals surface area contributed by atoms with E-state index in [4.69, 9.17) is 4.74 Å². The molecule has 0 spiro atoms. The van der Waals surface area contributed by atoms with Gasteiger partial charge in [-0.05, 0) is 24.8 Å². The van der Waals surface area contributed by atoms with Gasteiger partial charge in [0.25, 0.3) is 0 Å². The van der Waals surface area contributed by atoms with E-state index < -0.39 is 0 Å². The molecule has 7 nitrogen and oxygen atoms in total. The number of benzene rings is 1. The van der Waals surface area contributed by atoms with Crippen LogP contribution < -0.4 is 10.6 Å². The van der Waals surface area contributed by atoms with Gasteiger partial charge in [0.2, 0.25) is 16.9 Å². The van der Waals surface area contributed by atoms with Gasteiger partial charge in [-0.3, -0.25) is 9.59 Å². The van der Waals surface area contributed by atoms with Crippen LogP contribution in [0.25, 0.3) is 0 Å². The van der Waals surface area contributed by atoms with Gasteiger partial charge < -0.3 is 15.4 Å². The maximum atomic E-state index is 12.2. The summed E-state index contributed by atoms with van der Waals surface area (Å²) in [5.41, 5.74) is 2.66. The number of hydrogen-bond donors (Lipinski definition) is 2. The normalized spacial score (nSPS) is 19.2. The number of ether oxygens (including phenoxy) is 1. The molecule has 0 bridgehead atoms. The van der Waals surface area contributed by atoms with Gasteiger partial charge in [-0.15, -0.1) is 10.2 Å². The zero-order valence-electron chi connectivity index (χ0n) is 14.4. The molecule has 0 unspecified atom stereocenters. The van der Waals surface area contributed by atoms with Crippen molar-refractivity contribution < 1.29 is 14.3 Å². The summed E-state index contributed by atoms with van der Waals surface area (Å²) >= 11 is 1.24. The highest BCUT2D eigenvalue weighted by Gasteiger charge is 2.29. The van der Waals surface area contributed by atoms with Crippen LogP contribution in [0.15, 0.2) is 35.8 Å². The Morgan fingerprint density at radius 2 is 1.96 bits per heavy atom. The van der Waals surface area contributed by atoms with Gasteiger partial charge >= 0.3 is 0 Å². The summed E-state index contributed by atoms with van der Waals surface area (Å²) in [6.07, 6.45) is 3.16. The Morgan fingerprint density at radius 1 is 1.15 bits per heavy atom. The highest BCUT2D eigenvalue weighted by Crippen LogP contribution is 2.23. The topological polar surface area (TPSA) is 93.2 Å². The van der Waals surface area contributed by atoms with Crippen LogP contribution >= 0.6 is 11.3 Å². The highest BCUT2D eigenvalue weighted by atomic mass is 32.1. The van der Waals surface area contributed by atoms with Gasteiger partial charge in [-0.1, -0.05) is 41.7 Å². The van der Waals surface area contributed by atoms with Crippen LogP contribution in [-0.2, 0) is 20.9 Å². The molecule has 26 heavy (non-hydrogen) atoms. The number of nitrogens with one attached hydrogen (secondary N) is 2. The van der Waals surface area contributed by atoms with Crippen LogP contribution in [0.3, 0.4) is 0 Å². The molecule has 2 N–H and O–H groups in total. The van der Waals surface area contributed by atoms with Crippen molar-refractivity contribution >= 4 is 28.3 Å². The molecule has 0 radical (unpaired) electrons. The minimum atomic E-state index is -0.236. The third-order valence-corrected chi connectivity index (χ3v) is 4.90. The molecule has 2 atom stereocenters. The number of aromatic nitrogens is 2. The van der Waals surface area contributed by atoms with Crippen LogP contribution in [0.1, 0.15) is 37.7 Å². The SMILES string of the molecule is O=C(CCC(=O)N[C@@H]1CCC[C@H]1OCc1ccccc1)Nc1nncs1. The molecule has 1 saturated carbocycles. The number of anilines is 1. The van der Waals surface area contributed by atoms with E-state index in [1.54, 1.807) is 0 Å². The number of carbonyl (C=O) groups is 2. The van der Waals surface area contributed by atoms with Crippen molar-refractivity contribution in [1.29, 1.82) is 0 Å². The first-order valence-electron chi connectivity index (χ1n) is 8.71. The van der Waals surface area contributed by atoms with E-state index in [1.165, 1.54) is 16.8 Å². The summed E-state index contributed by atoms with van der Waals surface area (Å²) < 4.78 is 5.99. The maximum absolute atomic E-state index is 12.2. The summed E-state index contributed by atoms with van der Waals surface area (Å²) in [7, 11) is 0. The Kier molecular flexibility index (Phi) is 6.68. The molecule has 8 heteroatoms. The Labute approximate surface area is 156 Å². The monoisotopic (exact) mass is 374 g/mol. The predicted molar refractivity (Wildman–Crippen MR) is 98.6 cm³/mol. The molecule has 2 amide bonds. The molecular weight excluding hydrogens is 352 g/mol. The number of rotatable bonds is 8. The molecule has 2 aromatic rings. The molecule has 1 aromatic heterocycles. The lowest BCUT2D eigenvalue weighted by Crippen LogP contribution is -2.41. The minimum Gasteiger partial charge on any atom is -0.371 e. The van der Waals surface area contributed by atoms with Crippen molar-refractivity contribution in [3.05, 3.63) is 41.4 Å².